The first-order valence-electron chi connectivity index (χ1n) is 4.69. The highest BCUT2D eigenvalue weighted by molar-refractivity contribution is 9.11. The molecular formula is C10H11Br2N3O2. The van der Waals surface area contributed by atoms with Crippen molar-refractivity contribution in [1.29, 1.82) is 0 Å². The van der Waals surface area contributed by atoms with Crippen LogP contribution < -0.4 is 16.4 Å². The summed E-state index contributed by atoms with van der Waals surface area (Å²) in [5, 5.41) is 4.87. The Kier molecular flexibility index (Phi) is 4.95. The molecule has 0 heterocycles. The van der Waals surface area contributed by atoms with Crippen molar-refractivity contribution in [3.63, 3.8) is 0 Å². The number of carbonyl (C=O) groups excluding carboxylic acids is 2. The lowest BCUT2D eigenvalue weighted by atomic mass is 10.2. The van der Waals surface area contributed by atoms with Gasteiger partial charge in [0.2, 0.25) is 5.91 Å². The third-order valence-corrected chi connectivity index (χ3v) is 3.13. The molecule has 92 valence electrons. The molecule has 0 saturated heterocycles. The van der Waals surface area contributed by atoms with Crippen molar-refractivity contribution in [2.24, 2.45) is 5.73 Å². The molecule has 3 amide bonds. The Bertz CT molecular complexity index is 440. The molecule has 7 heteroatoms. The van der Waals surface area contributed by atoms with E-state index in [-0.39, 0.29) is 6.54 Å². The van der Waals surface area contributed by atoms with E-state index in [1.807, 2.05) is 24.4 Å². The van der Waals surface area contributed by atoms with Crippen molar-refractivity contribution >= 4 is 49.5 Å². The van der Waals surface area contributed by atoms with Crippen LogP contribution >= 0.6 is 31.9 Å². The summed E-state index contributed by atoms with van der Waals surface area (Å²) < 4.78 is 1.66. The minimum absolute atomic E-state index is 0.0385. The van der Waals surface area contributed by atoms with Crippen LogP contribution in [0.5, 0.6) is 0 Å². The molecule has 0 spiro atoms. The first-order chi connectivity index (χ1) is 7.90. The summed E-state index contributed by atoms with van der Waals surface area (Å²) in [6.45, 7) is 1.92. The van der Waals surface area contributed by atoms with Crippen LogP contribution in [0.1, 0.15) is 5.56 Å². The van der Waals surface area contributed by atoms with Crippen molar-refractivity contribution in [3.8, 4) is 0 Å². The fourth-order valence-electron chi connectivity index (χ4n) is 1.22. The smallest absolute Gasteiger partial charge is 0.318 e. The maximum Gasteiger partial charge on any atom is 0.318 e. The van der Waals surface area contributed by atoms with E-state index in [1.165, 1.54) is 0 Å². The number of rotatable bonds is 3. The Labute approximate surface area is 115 Å². The second-order valence-electron chi connectivity index (χ2n) is 3.37. The summed E-state index contributed by atoms with van der Waals surface area (Å²) in [6.07, 6.45) is 0. The summed E-state index contributed by atoms with van der Waals surface area (Å²) in [7, 11) is 0. The maximum absolute atomic E-state index is 11.2. The minimum Gasteiger partial charge on any atom is -0.374 e. The number of hydrogen-bond acceptors (Lipinski definition) is 3. The molecule has 0 bridgehead atoms. The molecule has 0 aliphatic rings. The maximum atomic E-state index is 11.2. The quantitative estimate of drug-likeness (QED) is 0.768. The van der Waals surface area contributed by atoms with E-state index in [0.29, 0.717) is 0 Å². The normalized spacial score (nSPS) is 9.82. The summed E-state index contributed by atoms with van der Waals surface area (Å²) in [6, 6.07) is 2.97. The summed E-state index contributed by atoms with van der Waals surface area (Å²) in [4.78, 5) is 21.7. The Balaban J connectivity index is 2.70. The first-order valence-corrected chi connectivity index (χ1v) is 6.27. The number of anilines is 1. The summed E-state index contributed by atoms with van der Waals surface area (Å²) in [5.41, 5.74) is 6.65. The average molecular weight is 365 g/mol. The van der Waals surface area contributed by atoms with Gasteiger partial charge in [0.1, 0.15) is 0 Å². The van der Waals surface area contributed by atoms with Crippen LogP contribution in [0, 0.1) is 6.92 Å². The molecular weight excluding hydrogens is 354 g/mol. The number of carbonyl (C=O) groups is 2. The Hall–Kier alpha value is -1.08. The predicted molar refractivity (Wildman–Crippen MR) is 72.8 cm³/mol. The average Bonchev–Trinajstić information content (AvgIpc) is 2.14. The van der Waals surface area contributed by atoms with Gasteiger partial charge in [-0.05, 0) is 56.5 Å². The van der Waals surface area contributed by atoms with Gasteiger partial charge in [-0.2, -0.15) is 0 Å². The zero-order chi connectivity index (χ0) is 13.0. The zero-order valence-corrected chi connectivity index (χ0v) is 12.2. The van der Waals surface area contributed by atoms with Crippen molar-refractivity contribution in [1.82, 2.24) is 5.32 Å². The molecule has 0 fully saturated rings. The highest BCUT2D eigenvalue weighted by Gasteiger charge is 2.09. The molecule has 4 N–H and O–H groups in total. The van der Waals surface area contributed by atoms with Gasteiger partial charge < -0.3 is 11.1 Å². The van der Waals surface area contributed by atoms with Gasteiger partial charge in [-0.15, -0.1) is 0 Å². The number of nitrogens with two attached hydrogens (primary N) is 1. The van der Waals surface area contributed by atoms with Crippen molar-refractivity contribution in [2.45, 2.75) is 6.92 Å². The predicted octanol–water partition coefficient (Wildman–Crippen LogP) is 2.13. The number of hydrogen-bond donors (Lipinski definition) is 3. The minimum atomic E-state index is -0.862. The highest BCUT2D eigenvalue weighted by atomic mass is 79.9. The Morgan fingerprint density at radius 3 is 2.29 bits per heavy atom. The van der Waals surface area contributed by atoms with Gasteiger partial charge >= 0.3 is 6.03 Å². The monoisotopic (exact) mass is 363 g/mol. The molecule has 1 rings (SSSR count). The number of benzene rings is 1. The lowest BCUT2D eigenvalue weighted by molar-refractivity contribution is -0.118. The standard InChI is InChI=1S/C10H11Br2N3O2/c1-5-2-6(11)9(7(12)3-5)14-4-8(16)15-10(13)17/h2-3,14H,4H2,1H3,(H3,13,15,16,17). The van der Waals surface area contributed by atoms with Gasteiger partial charge in [-0.1, -0.05) is 0 Å². The number of primary amides is 1. The number of halogens is 2. The topological polar surface area (TPSA) is 84.2 Å². The second kappa shape index (κ2) is 6.02. The van der Waals surface area contributed by atoms with Crippen molar-refractivity contribution in [2.75, 3.05) is 11.9 Å². The van der Waals surface area contributed by atoms with Crippen LogP contribution in [-0.2, 0) is 4.79 Å². The molecule has 0 saturated carbocycles. The molecule has 0 aliphatic heterocycles. The fourth-order valence-corrected chi connectivity index (χ4v) is 2.91. The Morgan fingerprint density at radius 2 is 1.82 bits per heavy atom. The van der Waals surface area contributed by atoms with Gasteiger partial charge in [0.05, 0.1) is 12.2 Å². The zero-order valence-electron chi connectivity index (χ0n) is 9.01. The van der Waals surface area contributed by atoms with E-state index >= 15 is 0 Å². The van der Waals surface area contributed by atoms with Crippen LogP contribution in [0.2, 0.25) is 0 Å². The molecule has 1 aromatic rings. The highest BCUT2D eigenvalue weighted by Crippen LogP contribution is 2.31. The number of aryl methyl sites for hydroxylation is 1. The molecule has 0 unspecified atom stereocenters. The molecule has 1 aromatic carbocycles. The second-order valence-corrected chi connectivity index (χ2v) is 5.08. The van der Waals surface area contributed by atoms with Gasteiger partial charge in [0.15, 0.2) is 0 Å². The largest absolute Gasteiger partial charge is 0.374 e. The lowest BCUT2D eigenvalue weighted by Crippen LogP contribution is -2.38. The van der Waals surface area contributed by atoms with Gasteiger partial charge in [-0.25, -0.2) is 4.79 Å². The van der Waals surface area contributed by atoms with Crippen molar-refractivity contribution in [3.05, 3.63) is 26.6 Å². The van der Waals surface area contributed by atoms with Crippen molar-refractivity contribution < 1.29 is 9.59 Å². The molecule has 0 radical (unpaired) electrons. The third kappa shape index (κ3) is 4.35. The van der Waals surface area contributed by atoms with Gasteiger partial charge in [0, 0.05) is 8.95 Å². The molecule has 5 nitrogen and oxygen atoms in total. The van der Waals surface area contributed by atoms with E-state index in [0.717, 1.165) is 20.2 Å². The van der Waals surface area contributed by atoms with E-state index in [2.05, 4.69) is 37.2 Å². The fraction of sp³-hybridized carbons (Fsp3) is 0.200. The molecule has 0 aliphatic carbocycles. The van der Waals surface area contributed by atoms with E-state index in [1.54, 1.807) is 0 Å². The number of amides is 3. The van der Waals surface area contributed by atoms with Crippen LogP contribution in [-0.4, -0.2) is 18.5 Å². The van der Waals surface area contributed by atoms with Crippen LogP contribution in [0.4, 0.5) is 10.5 Å². The van der Waals surface area contributed by atoms with Gasteiger partial charge in [-0.3, -0.25) is 10.1 Å². The summed E-state index contributed by atoms with van der Waals surface area (Å²) >= 11 is 6.77. The molecule has 0 atom stereocenters. The number of imide groups is 1. The molecule has 0 aromatic heterocycles. The number of urea groups is 1. The van der Waals surface area contributed by atoms with E-state index in [4.69, 9.17) is 5.73 Å². The van der Waals surface area contributed by atoms with Gasteiger partial charge in [0.25, 0.3) is 0 Å². The SMILES string of the molecule is Cc1cc(Br)c(NCC(=O)NC(N)=O)c(Br)c1. The van der Waals surface area contributed by atoms with Crippen LogP contribution in [0.15, 0.2) is 21.1 Å². The van der Waals surface area contributed by atoms with E-state index in [9.17, 15) is 9.59 Å². The number of nitrogens with one attached hydrogen (secondary N) is 2. The lowest BCUT2D eigenvalue weighted by Gasteiger charge is -2.11. The van der Waals surface area contributed by atoms with Crippen LogP contribution in [0.25, 0.3) is 0 Å². The van der Waals surface area contributed by atoms with E-state index < -0.39 is 11.9 Å². The third-order valence-electron chi connectivity index (χ3n) is 1.87. The Morgan fingerprint density at radius 1 is 1.29 bits per heavy atom. The molecule has 17 heavy (non-hydrogen) atoms. The van der Waals surface area contributed by atoms with Crippen LogP contribution in [0.3, 0.4) is 0 Å². The summed E-state index contributed by atoms with van der Waals surface area (Å²) in [5.74, 6) is -0.489. The first kappa shape index (κ1) is 14.0.